The summed E-state index contributed by atoms with van der Waals surface area (Å²) in [6, 6.07) is 6.05. The second-order valence-electron chi connectivity index (χ2n) is 8.51. The summed E-state index contributed by atoms with van der Waals surface area (Å²) in [5, 5.41) is 12.1. The summed E-state index contributed by atoms with van der Waals surface area (Å²) >= 11 is 13.6. The first-order valence-corrected chi connectivity index (χ1v) is 11.7. The third-order valence-corrected chi connectivity index (χ3v) is 6.15. The molecule has 35 heavy (non-hydrogen) atoms. The average molecular weight is 544 g/mol. The Morgan fingerprint density at radius 1 is 1.09 bits per heavy atom. The molecule has 0 bridgehead atoms. The van der Waals surface area contributed by atoms with E-state index in [2.05, 4.69) is 20.5 Å². The number of fused-ring (bicyclic) bond motifs is 1. The molecule has 184 valence electrons. The van der Waals surface area contributed by atoms with E-state index in [1.165, 1.54) is 21.9 Å². The van der Waals surface area contributed by atoms with Crippen molar-refractivity contribution in [2.75, 3.05) is 0 Å². The van der Waals surface area contributed by atoms with Crippen LogP contribution in [0.5, 0.6) is 0 Å². The summed E-state index contributed by atoms with van der Waals surface area (Å²) < 4.78 is 45.7. The summed E-state index contributed by atoms with van der Waals surface area (Å²) in [7, 11) is 0. The molecule has 13 heteroatoms. The van der Waals surface area contributed by atoms with Crippen LogP contribution in [0.3, 0.4) is 0 Å². The molecule has 3 heterocycles. The van der Waals surface area contributed by atoms with Gasteiger partial charge in [-0.1, -0.05) is 46.7 Å². The van der Waals surface area contributed by atoms with E-state index in [0.29, 0.717) is 26.3 Å². The van der Waals surface area contributed by atoms with Gasteiger partial charge in [-0.05, 0) is 38.5 Å². The molecule has 1 N–H and O–H groups in total. The largest absolute Gasteiger partial charge is 0.444 e. The first-order valence-electron chi connectivity index (χ1n) is 10.1. The monoisotopic (exact) mass is 543 g/mol. The van der Waals surface area contributed by atoms with Crippen LogP contribution in [0.15, 0.2) is 36.7 Å². The zero-order chi connectivity index (χ0) is 25.5. The predicted octanol–water partition coefficient (Wildman–Crippen LogP) is 6.87. The molecular weight excluding hydrogens is 526 g/mol. The lowest BCUT2D eigenvalue weighted by atomic mass is 10.1. The summed E-state index contributed by atoms with van der Waals surface area (Å²) in [6.45, 7) is 5.54. The Hall–Kier alpha value is -2.89. The number of aromatic nitrogens is 4. The van der Waals surface area contributed by atoms with Gasteiger partial charge in [-0.3, -0.25) is 0 Å². The average Bonchev–Trinajstić information content (AvgIpc) is 3.37. The lowest BCUT2D eigenvalue weighted by molar-refractivity contribution is -0.137. The van der Waals surface area contributed by atoms with Gasteiger partial charge in [0.1, 0.15) is 16.3 Å². The molecule has 0 radical (unpaired) electrons. The van der Waals surface area contributed by atoms with Gasteiger partial charge < -0.3 is 14.5 Å². The van der Waals surface area contributed by atoms with Crippen molar-refractivity contribution in [3.8, 4) is 21.3 Å². The smallest absolute Gasteiger partial charge is 0.417 e. The number of nitrogens with zero attached hydrogens (tertiary/aromatic N) is 4. The molecule has 0 unspecified atom stereocenters. The lowest BCUT2D eigenvalue weighted by Crippen LogP contribution is -2.32. The maximum absolute atomic E-state index is 13.1. The van der Waals surface area contributed by atoms with E-state index in [4.69, 9.17) is 27.9 Å². The maximum Gasteiger partial charge on any atom is 0.417 e. The number of benzene rings is 1. The number of halogens is 5. The minimum atomic E-state index is -4.54. The first-order chi connectivity index (χ1) is 16.3. The van der Waals surface area contributed by atoms with Gasteiger partial charge >= 0.3 is 12.3 Å². The maximum atomic E-state index is 13.1. The van der Waals surface area contributed by atoms with E-state index in [9.17, 15) is 18.0 Å². The topological polar surface area (TPSA) is 81.4 Å². The Morgan fingerprint density at radius 2 is 1.80 bits per heavy atom. The van der Waals surface area contributed by atoms with Crippen molar-refractivity contribution < 1.29 is 22.7 Å². The molecule has 4 rings (SSSR count). The second kappa shape index (κ2) is 9.29. The number of hydrogen-bond donors (Lipinski definition) is 1. The highest BCUT2D eigenvalue weighted by molar-refractivity contribution is 7.18. The van der Waals surface area contributed by atoms with E-state index >= 15 is 0 Å². The minimum absolute atomic E-state index is 0.130. The Labute approximate surface area is 211 Å². The van der Waals surface area contributed by atoms with Gasteiger partial charge in [-0.2, -0.15) is 13.2 Å². The van der Waals surface area contributed by atoms with Crippen molar-refractivity contribution in [2.45, 2.75) is 39.1 Å². The summed E-state index contributed by atoms with van der Waals surface area (Å²) in [5.74, 6) is 0. The number of carbonyl (C=O) groups is 1. The van der Waals surface area contributed by atoms with Crippen LogP contribution in [-0.4, -0.2) is 31.3 Å². The van der Waals surface area contributed by atoms with Crippen molar-refractivity contribution in [2.24, 2.45) is 0 Å². The van der Waals surface area contributed by atoms with Gasteiger partial charge in [-0.15, -0.1) is 10.2 Å². The number of hydrogen-bond acceptors (Lipinski definition) is 6. The van der Waals surface area contributed by atoms with E-state index < -0.39 is 23.4 Å². The van der Waals surface area contributed by atoms with Gasteiger partial charge in [-0.25, -0.2) is 9.78 Å². The number of imidazole rings is 1. The van der Waals surface area contributed by atoms with Crippen LogP contribution in [0.2, 0.25) is 10.0 Å². The molecule has 1 amide bonds. The van der Waals surface area contributed by atoms with E-state index in [1.54, 1.807) is 39.0 Å². The standard InChI is InChI=1S/C22H18Cl2F3N5O2S/c1-21(2,3)34-20(33)28-8-11-4-5-13(14(23)6-11)18-30-31-19(35-18)16-10-32-9-12(22(25,26)27)7-15(24)17(32)29-16/h4-7,9-10H,8H2,1-3H3,(H,28,33). The Balaban J connectivity index is 1.54. The molecular formula is C22H18Cl2F3N5O2S. The molecule has 3 aromatic heterocycles. The fraction of sp³-hybridized carbons (Fsp3) is 0.273. The second-order valence-corrected chi connectivity index (χ2v) is 10.3. The SMILES string of the molecule is CC(C)(C)OC(=O)NCc1ccc(-c2nnc(-c3cn4cc(C(F)(F)F)cc(Cl)c4n3)s2)c(Cl)c1. The summed E-state index contributed by atoms with van der Waals surface area (Å²) in [4.78, 5) is 16.1. The van der Waals surface area contributed by atoms with Crippen LogP contribution in [0, 0.1) is 0 Å². The van der Waals surface area contributed by atoms with E-state index in [-0.39, 0.29) is 17.2 Å². The van der Waals surface area contributed by atoms with Crippen LogP contribution in [0.4, 0.5) is 18.0 Å². The molecule has 0 aliphatic carbocycles. The zero-order valence-corrected chi connectivity index (χ0v) is 20.9. The predicted molar refractivity (Wildman–Crippen MR) is 128 cm³/mol. The van der Waals surface area contributed by atoms with Gasteiger partial charge in [0.15, 0.2) is 10.7 Å². The van der Waals surface area contributed by atoms with E-state index in [1.807, 2.05) is 0 Å². The molecule has 7 nitrogen and oxygen atoms in total. The Kier molecular flexibility index (Phi) is 6.69. The fourth-order valence-electron chi connectivity index (χ4n) is 3.08. The first kappa shape index (κ1) is 25.2. The van der Waals surface area contributed by atoms with Crippen molar-refractivity contribution in [1.29, 1.82) is 0 Å². The molecule has 0 aliphatic heterocycles. The zero-order valence-electron chi connectivity index (χ0n) is 18.6. The quantitative estimate of drug-likeness (QED) is 0.303. The summed E-state index contributed by atoms with van der Waals surface area (Å²) in [5.41, 5.74) is 0.372. The lowest BCUT2D eigenvalue weighted by Gasteiger charge is -2.19. The van der Waals surface area contributed by atoms with Gasteiger partial charge in [0.25, 0.3) is 0 Å². The normalized spacial score (nSPS) is 12.2. The molecule has 4 aromatic rings. The number of ether oxygens (including phenoxy) is 1. The Bertz CT molecular complexity index is 1410. The minimum Gasteiger partial charge on any atom is -0.444 e. The van der Waals surface area contributed by atoms with Crippen molar-refractivity contribution >= 4 is 46.3 Å². The number of alkyl carbamates (subject to hydrolysis) is 1. The highest BCUT2D eigenvalue weighted by atomic mass is 35.5. The van der Waals surface area contributed by atoms with Crippen LogP contribution in [0.25, 0.3) is 26.9 Å². The van der Waals surface area contributed by atoms with Crippen LogP contribution in [0.1, 0.15) is 31.9 Å². The number of amides is 1. The summed E-state index contributed by atoms with van der Waals surface area (Å²) in [6.07, 6.45) is -2.75. The van der Waals surface area contributed by atoms with Crippen LogP contribution >= 0.6 is 34.5 Å². The van der Waals surface area contributed by atoms with Crippen molar-refractivity contribution in [3.63, 3.8) is 0 Å². The van der Waals surface area contributed by atoms with Gasteiger partial charge in [0, 0.05) is 24.5 Å². The molecule has 0 atom stereocenters. The van der Waals surface area contributed by atoms with Crippen LogP contribution < -0.4 is 5.32 Å². The van der Waals surface area contributed by atoms with Crippen molar-refractivity contribution in [1.82, 2.24) is 24.9 Å². The fourth-order valence-corrected chi connectivity index (χ4v) is 4.52. The highest BCUT2D eigenvalue weighted by Crippen LogP contribution is 2.36. The molecule has 0 saturated carbocycles. The number of alkyl halides is 3. The highest BCUT2D eigenvalue weighted by Gasteiger charge is 2.32. The molecule has 0 aliphatic rings. The molecule has 0 saturated heterocycles. The third kappa shape index (κ3) is 5.85. The number of pyridine rings is 1. The molecule has 0 spiro atoms. The van der Waals surface area contributed by atoms with Gasteiger partial charge in [0.2, 0.25) is 0 Å². The van der Waals surface area contributed by atoms with Crippen molar-refractivity contribution in [3.05, 3.63) is 57.8 Å². The third-order valence-electron chi connectivity index (χ3n) is 4.58. The number of nitrogens with one attached hydrogen (secondary N) is 1. The van der Waals surface area contributed by atoms with E-state index in [0.717, 1.165) is 17.8 Å². The van der Waals surface area contributed by atoms with Crippen LogP contribution in [-0.2, 0) is 17.5 Å². The Morgan fingerprint density at radius 3 is 2.46 bits per heavy atom. The number of rotatable bonds is 4. The molecule has 0 fully saturated rings. The molecule has 1 aromatic carbocycles. The number of carbonyl (C=O) groups excluding carboxylic acids is 1. The van der Waals surface area contributed by atoms with Gasteiger partial charge in [0.05, 0.1) is 15.6 Å².